The summed E-state index contributed by atoms with van der Waals surface area (Å²) in [4.78, 5) is 14.0. The summed E-state index contributed by atoms with van der Waals surface area (Å²) < 4.78 is 19.4. The second kappa shape index (κ2) is 6.38. The predicted molar refractivity (Wildman–Crippen MR) is 79.2 cm³/mol. The van der Waals surface area contributed by atoms with Gasteiger partial charge in [0.25, 0.3) is 0 Å². The number of hydrogen-bond donors (Lipinski definition) is 2. The maximum Gasteiger partial charge on any atom is 0.350 e. The van der Waals surface area contributed by atoms with Gasteiger partial charge in [-0.2, -0.15) is 0 Å². The molecule has 0 amide bonds. The molecular formula is C12H16BrFN2O3S. The van der Waals surface area contributed by atoms with Crippen molar-refractivity contribution in [1.29, 1.82) is 0 Å². The second-order valence-electron chi connectivity index (χ2n) is 4.67. The molecule has 0 saturated carbocycles. The first kappa shape index (κ1) is 15.7. The normalized spacial score (nSPS) is 19.6. The zero-order valence-corrected chi connectivity index (χ0v) is 13.3. The van der Waals surface area contributed by atoms with Crippen molar-refractivity contribution in [2.75, 3.05) is 31.7 Å². The SMILES string of the molecule is COC(=O)c1sc(Br)c2c1N(C[C@@H](N)CO)C[C@@H](F)C2. The molecule has 0 bridgehead atoms. The molecule has 1 aromatic rings. The van der Waals surface area contributed by atoms with Crippen LogP contribution in [0.2, 0.25) is 0 Å². The van der Waals surface area contributed by atoms with E-state index in [0.29, 0.717) is 10.6 Å². The highest BCUT2D eigenvalue weighted by molar-refractivity contribution is 9.11. The highest BCUT2D eigenvalue weighted by Gasteiger charge is 2.33. The molecule has 0 aliphatic carbocycles. The number of carbonyl (C=O) groups is 1. The molecule has 112 valence electrons. The van der Waals surface area contributed by atoms with E-state index >= 15 is 0 Å². The Labute approximate surface area is 128 Å². The average Bonchev–Trinajstić information content (AvgIpc) is 2.75. The van der Waals surface area contributed by atoms with Gasteiger partial charge in [-0.15, -0.1) is 11.3 Å². The van der Waals surface area contributed by atoms with E-state index < -0.39 is 18.2 Å². The number of methoxy groups -OCH3 is 1. The molecule has 2 rings (SSSR count). The van der Waals surface area contributed by atoms with E-state index in [-0.39, 0.29) is 26.1 Å². The molecule has 0 aromatic carbocycles. The van der Waals surface area contributed by atoms with Crippen molar-refractivity contribution in [2.45, 2.75) is 18.6 Å². The van der Waals surface area contributed by atoms with Crippen LogP contribution in [0.3, 0.4) is 0 Å². The summed E-state index contributed by atoms with van der Waals surface area (Å²) >= 11 is 4.61. The minimum atomic E-state index is -1.02. The van der Waals surface area contributed by atoms with Crippen LogP contribution >= 0.6 is 27.3 Å². The van der Waals surface area contributed by atoms with Crippen LogP contribution in [0.1, 0.15) is 15.2 Å². The lowest BCUT2D eigenvalue weighted by atomic mass is 10.0. The minimum absolute atomic E-state index is 0.161. The highest BCUT2D eigenvalue weighted by atomic mass is 79.9. The Bertz CT molecular complexity index is 511. The first-order valence-corrected chi connectivity index (χ1v) is 7.73. The van der Waals surface area contributed by atoms with E-state index in [1.54, 1.807) is 4.90 Å². The summed E-state index contributed by atoms with van der Waals surface area (Å²) in [6.45, 7) is 0.257. The lowest BCUT2D eigenvalue weighted by Gasteiger charge is -2.33. The number of aliphatic hydroxyl groups excluding tert-OH is 1. The fraction of sp³-hybridized carbons (Fsp3) is 0.583. The van der Waals surface area contributed by atoms with Gasteiger partial charge in [0.05, 0.1) is 23.2 Å². The van der Waals surface area contributed by atoms with E-state index in [1.165, 1.54) is 18.4 Å². The first-order chi connectivity index (χ1) is 9.47. The molecule has 20 heavy (non-hydrogen) atoms. The molecule has 1 aliphatic heterocycles. The lowest BCUT2D eigenvalue weighted by molar-refractivity contribution is 0.0606. The molecule has 0 radical (unpaired) electrons. The van der Waals surface area contributed by atoms with Gasteiger partial charge in [-0.3, -0.25) is 0 Å². The molecule has 2 atom stereocenters. The number of esters is 1. The molecule has 0 saturated heterocycles. The van der Waals surface area contributed by atoms with Gasteiger partial charge in [-0.1, -0.05) is 0 Å². The summed E-state index contributed by atoms with van der Waals surface area (Å²) in [6.07, 6.45) is -0.765. The molecule has 0 spiro atoms. The maximum atomic E-state index is 13.9. The number of alkyl halides is 1. The van der Waals surface area contributed by atoms with Gasteiger partial charge in [0.2, 0.25) is 0 Å². The highest BCUT2D eigenvalue weighted by Crippen LogP contribution is 2.43. The molecule has 2 heterocycles. The van der Waals surface area contributed by atoms with Gasteiger partial charge in [-0.05, 0) is 15.9 Å². The standard InChI is InChI=1S/C12H16BrFN2O3S/c1-19-12(18)10-9-8(11(13)20-10)2-6(14)3-16(9)4-7(15)5-17/h6-7,17H,2-5,15H2,1H3/t6-,7+/m0/s1. The molecule has 5 nitrogen and oxygen atoms in total. The Balaban J connectivity index is 2.42. The van der Waals surface area contributed by atoms with E-state index in [4.69, 9.17) is 15.6 Å². The van der Waals surface area contributed by atoms with Crippen molar-refractivity contribution in [3.05, 3.63) is 14.2 Å². The van der Waals surface area contributed by atoms with Crippen molar-refractivity contribution in [3.8, 4) is 0 Å². The fourth-order valence-corrected chi connectivity index (χ4v) is 4.13. The van der Waals surface area contributed by atoms with Gasteiger partial charge < -0.3 is 20.5 Å². The van der Waals surface area contributed by atoms with Crippen LogP contribution in [0.15, 0.2) is 3.79 Å². The Morgan fingerprint density at radius 3 is 3.05 bits per heavy atom. The number of nitrogens with zero attached hydrogens (tertiary/aromatic N) is 1. The first-order valence-electron chi connectivity index (χ1n) is 6.12. The molecule has 0 unspecified atom stereocenters. The number of halogens is 2. The van der Waals surface area contributed by atoms with Crippen LogP contribution < -0.4 is 10.6 Å². The summed E-state index contributed by atoms with van der Waals surface area (Å²) in [7, 11) is 1.31. The Morgan fingerprint density at radius 1 is 1.75 bits per heavy atom. The zero-order chi connectivity index (χ0) is 14.9. The third kappa shape index (κ3) is 2.98. The van der Waals surface area contributed by atoms with Crippen LogP contribution in [0.5, 0.6) is 0 Å². The van der Waals surface area contributed by atoms with Gasteiger partial charge in [0.1, 0.15) is 11.0 Å². The number of anilines is 1. The van der Waals surface area contributed by atoms with Gasteiger partial charge >= 0.3 is 5.97 Å². The van der Waals surface area contributed by atoms with Gasteiger partial charge in [-0.25, -0.2) is 9.18 Å². The topological polar surface area (TPSA) is 75.8 Å². The Hall–Kier alpha value is -0.700. The number of rotatable bonds is 4. The number of hydrogen-bond acceptors (Lipinski definition) is 6. The van der Waals surface area contributed by atoms with Crippen LogP contribution in [0, 0.1) is 0 Å². The van der Waals surface area contributed by atoms with E-state index in [1.807, 2.05) is 0 Å². The third-order valence-electron chi connectivity index (χ3n) is 3.15. The minimum Gasteiger partial charge on any atom is -0.465 e. The molecule has 8 heteroatoms. The summed E-state index contributed by atoms with van der Waals surface area (Å²) in [6, 6.07) is -0.489. The van der Waals surface area contributed by atoms with Gasteiger partial charge in [0.15, 0.2) is 0 Å². The maximum absolute atomic E-state index is 13.9. The quantitative estimate of drug-likeness (QED) is 0.785. The summed E-state index contributed by atoms with van der Waals surface area (Å²) in [5.41, 5.74) is 7.17. The summed E-state index contributed by atoms with van der Waals surface area (Å²) in [5, 5.41) is 9.07. The summed E-state index contributed by atoms with van der Waals surface area (Å²) in [5.74, 6) is -0.447. The van der Waals surface area contributed by atoms with Crippen molar-refractivity contribution in [2.24, 2.45) is 5.73 Å². The Kier molecular flexibility index (Phi) is 5.00. The number of fused-ring (bicyclic) bond motifs is 1. The van der Waals surface area contributed by atoms with Crippen LogP contribution in [0.25, 0.3) is 0 Å². The molecule has 1 aromatic heterocycles. The van der Waals surface area contributed by atoms with E-state index in [9.17, 15) is 9.18 Å². The largest absolute Gasteiger partial charge is 0.465 e. The van der Waals surface area contributed by atoms with Crippen molar-refractivity contribution in [3.63, 3.8) is 0 Å². The number of nitrogens with two attached hydrogens (primary N) is 1. The monoisotopic (exact) mass is 366 g/mol. The van der Waals surface area contributed by atoms with Crippen LogP contribution in [-0.4, -0.2) is 50.1 Å². The molecule has 3 N–H and O–H groups in total. The average molecular weight is 367 g/mol. The number of aliphatic hydroxyl groups is 1. The number of thiophene rings is 1. The zero-order valence-electron chi connectivity index (χ0n) is 10.9. The molecule has 0 fully saturated rings. The van der Waals surface area contributed by atoms with Crippen molar-refractivity contribution < 1.29 is 19.0 Å². The van der Waals surface area contributed by atoms with Crippen molar-refractivity contribution in [1.82, 2.24) is 0 Å². The molecular weight excluding hydrogens is 351 g/mol. The van der Waals surface area contributed by atoms with Gasteiger partial charge in [0, 0.05) is 31.1 Å². The predicted octanol–water partition coefficient (Wildman–Crippen LogP) is 1.32. The fourth-order valence-electron chi connectivity index (χ4n) is 2.30. The van der Waals surface area contributed by atoms with E-state index in [0.717, 1.165) is 9.35 Å². The van der Waals surface area contributed by atoms with E-state index in [2.05, 4.69) is 15.9 Å². The Morgan fingerprint density at radius 2 is 2.45 bits per heavy atom. The second-order valence-corrected chi connectivity index (χ2v) is 7.01. The number of ether oxygens (including phenoxy) is 1. The van der Waals surface area contributed by atoms with Crippen LogP contribution in [0.4, 0.5) is 10.1 Å². The lowest BCUT2D eigenvalue weighted by Crippen LogP contribution is -2.45. The van der Waals surface area contributed by atoms with Crippen molar-refractivity contribution >= 4 is 38.9 Å². The smallest absolute Gasteiger partial charge is 0.350 e. The van der Waals surface area contributed by atoms with Crippen LogP contribution in [-0.2, 0) is 11.2 Å². The molecule has 1 aliphatic rings. The number of carbonyl (C=O) groups excluding carboxylic acids is 1. The third-order valence-corrected chi connectivity index (χ3v) is 5.10.